The molecule has 1 fully saturated rings. The van der Waals surface area contributed by atoms with E-state index in [0.29, 0.717) is 12.8 Å². The number of carbonyl (C=O) groups excluding carboxylic acids is 1. The highest BCUT2D eigenvalue weighted by molar-refractivity contribution is 5.87. The van der Waals surface area contributed by atoms with Gasteiger partial charge >= 0.3 is 5.97 Å². The van der Waals surface area contributed by atoms with Crippen molar-refractivity contribution >= 4 is 34.9 Å². The second-order valence-electron chi connectivity index (χ2n) is 2.00. The Balaban J connectivity index is 0.000000810. The molecule has 0 saturated carbocycles. The molecule has 5 heteroatoms. The maximum atomic E-state index is 10.4. The zero-order chi connectivity index (χ0) is 6.85. The van der Waals surface area contributed by atoms with Crippen molar-refractivity contribution in [1.29, 1.82) is 0 Å². The van der Waals surface area contributed by atoms with E-state index in [0.717, 1.165) is 0 Å². The average Bonchev–Trinajstić information content (AvgIpc) is 2.14. The van der Waals surface area contributed by atoms with Crippen LogP contribution in [0.4, 0.5) is 0 Å². The number of nitrogens with one attached hydrogen (secondary N) is 1. The number of carboxylic acids is 1. The number of hydrogen-bond acceptors (Lipinski definition) is 2. The smallest absolute Gasteiger partial charge is 0.326 e. The molecule has 1 rings (SSSR count). The van der Waals surface area contributed by atoms with Crippen LogP contribution in [0.25, 0.3) is 0 Å². The summed E-state index contributed by atoms with van der Waals surface area (Å²) < 4.78 is 0. The lowest BCUT2D eigenvalue weighted by molar-refractivity contribution is -0.140. The third-order valence-electron chi connectivity index (χ3n) is 1.29. The van der Waals surface area contributed by atoms with Gasteiger partial charge in [-0.2, -0.15) is 0 Å². The Morgan fingerprint density at radius 2 is 2.30 bits per heavy atom. The van der Waals surface area contributed by atoms with E-state index in [9.17, 15) is 9.59 Å². The predicted molar refractivity (Wildman–Crippen MR) is 34.6 cm³/mol. The zero-order valence-corrected chi connectivity index (χ0v) is 6.88. The summed E-state index contributed by atoms with van der Waals surface area (Å²) in [5, 5.41) is 10.6. The molecule has 0 aromatic rings. The van der Waals surface area contributed by atoms with Gasteiger partial charge in [0.05, 0.1) is 0 Å². The Morgan fingerprint density at radius 1 is 1.70 bits per heavy atom. The fourth-order valence-corrected chi connectivity index (χ4v) is 0.799. The highest BCUT2D eigenvalue weighted by Gasteiger charge is 2.26. The van der Waals surface area contributed by atoms with Gasteiger partial charge in [-0.05, 0) is 6.42 Å². The molecular formula is C5H7MgNO3. The second-order valence-corrected chi connectivity index (χ2v) is 2.00. The van der Waals surface area contributed by atoms with Gasteiger partial charge in [-0.25, -0.2) is 4.79 Å². The van der Waals surface area contributed by atoms with E-state index in [-0.39, 0.29) is 29.0 Å². The Hall–Kier alpha value is -0.294. The van der Waals surface area contributed by atoms with Gasteiger partial charge in [0.2, 0.25) is 5.91 Å². The van der Waals surface area contributed by atoms with Crippen LogP contribution in [0.1, 0.15) is 12.8 Å². The summed E-state index contributed by atoms with van der Waals surface area (Å²) in [6.45, 7) is 0. The van der Waals surface area contributed by atoms with Gasteiger partial charge < -0.3 is 10.4 Å². The average molecular weight is 153 g/mol. The number of aliphatic carboxylic acids is 1. The molecule has 1 heterocycles. The van der Waals surface area contributed by atoms with E-state index in [1.807, 2.05) is 0 Å². The molecule has 2 N–H and O–H groups in total. The minimum atomic E-state index is -0.944. The molecule has 2 radical (unpaired) electrons. The van der Waals surface area contributed by atoms with Crippen LogP contribution >= 0.6 is 0 Å². The molecule has 1 amide bonds. The zero-order valence-electron chi connectivity index (χ0n) is 5.46. The topological polar surface area (TPSA) is 66.4 Å². The largest absolute Gasteiger partial charge is 0.480 e. The van der Waals surface area contributed by atoms with E-state index < -0.39 is 12.0 Å². The minimum Gasteiger partial charge on any atom is -0.480 e. The van der Waals surface area contributed by atoms with Gasteiger partial charge in [0, 0.05) is 29.5 Å². The van der Waals surface area contributed by atoms with Gasteiger partial charge in [0.1, 0.15) is 6.04 Å². The van der Waals surface area contributed by atoms with E-state index in [4.69, 9.17) is 5.11 Å². The number of hydrogen-bond donors (Lipinski definition) is 2. The third-order valence-corrected chi connectivity index (χ3v) is 1.29. The Kier molecular flexibility index (Phi) is 3.66. The molecule has 52 valence electrons. The first-order chi connectivity index (χ1) is 4.20. The Bertz CT molecular complexity index is 159. The van der Waals surface area contributed by atoms with Crippen molar-refractivity contribution in [2.45, 2.75) is 18.9 Å². The molecule has 4 nitrogen and oxygen atoms in total. The van der Waals surface area contributed by atoms with Crippen LogP contribution in [-0.4, -0.2) is 46.1 Å². The van der Waals surface area contributed by atoms with E-state index in [1.165, 1.54) is 0 Å². The quantitative estimate of drug-likeness (QED) is 0.473. The van der Waals surface area contributed by atoms with Crippen molar-refractivity contribution in [1.82, 2.24) is 5.32 Å². The van der Waals surface area contributed by atoms with Crippen LogP contribution in [0.5, 0.6) is 0 Å². The monoisotopic (exact) mass is 153 g/mol. The first-order valence-corrected chi connectivity index (χ1v) is 2.72. The molecule has 1 aliphatic heterocycles. The van der Waals surface area contributed by atoms with Crippen molar-refractivity contribution < 1.29 is 14.7 Å². The predicted octanol–water partition coefficient (Wildman–Crippen LogP) is -1.03. The molecule has 1 unspecified atom stereocenters. The lowest BCUT2D eigenvalue weighted by Crippen LogP contribution is -2.32. The molecule has 0 aromatic heterocycles. The van der Waals surface area contributed by atoms with Crippen molar-refractivity contribution in [2.24, 2.45) is 0 Å². The molecule has 10 heavy (non-hydrogen) atoms. The fraction of sp³-hybridized carbons (Fsp3) is 0.600. The lowest BCUT2D eigenvalue weighted by atomic mass is 10.2. The summed E-state index contributed by atoms with van der Waals surface area (Å²) in [7, 11) is 0. The highest BCUT2D eigenvalue weighted by Crippen LogP contribution is 2.05. The summed E-state index contributed by atoms with van der Waals surface area (Å²) in [5.41, 5.74) is 0. The van der Waals surface area contributed by atoms with Crippen LogP contribution in [0.2, 0.25) is 0 Å². The van der Waals surface area contributed by atoms with Gasteiger partial charge in [0.25, 0.3) is 0 Å². The minimum absolute atomic E-state index is 0. The molecule has 0 aromatic carbocycles. The summed E-state index contributed by atoms with van der Waals surface area (Å²) in [6, 6.07) is -0.641. The first-order valence-electron chi connectivity index (χ1n) is 2.72. The van der Waals surface area contributed by atoms with Crippen LogP contribution in [0.15, 0.2) is 0 Å². The van der Waals surface area contributed by atoms with Crippen molar-refractivity contribution in [3.05, 3.63) is 0 Å². The molecule has 1 atom stereocenters. The number of rotatable bonds is 1. The van der Waals surface area contributed by atoms with E-state index in [2.05, 4.69) is 5.32 Å². The highest BCUT2D eigenvalue weighted by atomic mass is 24.3. The van der Waals surface area contributed by atoms with Crippen LogP contribution < -0.4 is 5.32 Å². The number of amides is 1. The van der Waals surface area contributed by atoms with Crippen LogP contribution in [0.3, 0.4) is 0 Å². The van der Waals surface area contributed by atoms with E-state index in [1.54, 1.807) is 0 Å². The molecule has 0 spiro atoms. The number of carbonyl (C=O) groups is 2. The molecule has 0 aliphatic carbocycles. The SMILES string of the molecule is O=C1CCC(C(=O)O)N1.[Mg]. The molecule has 1 saturated heterocycles. The van der Waals surface area contributed by atoms with Gasteiger partial charge in [-0.3, -0.25) is 4.79 Å². The molecule has 1 aliphatic rings. The van der Waals surface area contributed by atoms with Gasteiger partial charge in [-0.15, -0.1) is 0 Å². The molecule has 0 bridgehead atoms. The third kappa shape index (κ3) is 2.15. The van der Waals surface area contributed by atoms with Crippen molar-refractivity contribution in [2.75, 3.05) is 0 Å². The maximum Gasteiger partial charge on any atom is 0.326 e. The van der Waals surface area contributed by atoms with E-state index >= 15 is 0 Å². The number of carboxylic acid groups (broad SMARTS) is 1. The summed E-state index contributed by atoms with van der Waals surface area (Å²) in [5.74, 6) is -1.11. The standard InChI is InChI=1S/C5H7NO3.Mg/c7-4-2-1-3(6-4)5(8)9;/h3H,1-2H2,(H,6,7)(H,8,9);. The Labute approximate surface area is 74.1 Å². The maximum absolute atomic E-state index is 10.4. The first kappa shape index (κ1) is 9.71. The fourth-order valence-electron chi connectivity index (χ4n) is 0.799. The summed E-state index contributed by atoms with van der Waals surface area (Å²) in [4.78, 5) is 20.5. The summed E-state index contributed by atoms with van der Waals surface area (Å²) >= 11 is 0. The lowest BCUT2D eigenvalue weighted by Gasteiger charge is -1.99. The van der Waals surface area contributed by atoms with Crippen molar-refractivity contribution in [3.63, 3.8) is 0 Å². The second kappa shape index (κ2) is 3.77. The van der Waals surface area contributed by atoms with Crippen LogP contribution in [-0.2, 0) is 9.59 Å². The van der Waals surface area contributed by atoms with Crippen molar-refractivity contribution in [3.8, 4) is 0 Å². The van der Waals surface area contributed by atoms with Gasteiger partial charge in [0.15, 0.2) is 0 Å². The normalized spacial score (nSPS) is 23.2. The summed E-state index contributed by atoms with van der Waals surface area (Å²) in [6.07, 6.45) is 0.769. The van der Waals surface area contributed by atoms with Gasteiger partial charge in [-0.1, -0.05) is 0 Å². The van der Waals surface area contributed by atoms with Crippen LogP contribution in [0, 0.1) is 0 Å². The Morgan fingerprint density at radius 3 is 2.50 bits per heavy atom. The molecular weight excluding hydrogens is 146 g/mol.